The summed E-state index contributed by atoms with van der Waals surface area (Å²) in [5, 5.41) is 0. The molecule has 4 rings (SSSR count). The van der Waals surface area contributed by atoms with Gasteiger partial charge in [0.25, 0.3) is 0 Å². The molecule has 0 bridgehead atoms. The molecule has 4 aliphatic rings. The minimum absolute atomic E-state index is 0. The van der Waals surface area contributed by atoms with Crippen LogP contribution >= 0.6 is 7.05 Å². The summed E-state index contributed by atoms with van der Waals surface area (Å²) in [6, 6.07) is 0. The molecular weight excluding hydrogens is 453 g/mol. The summed E-state index contributed by atoms with van der Waals surface area (Å²) in [6.45, 7) is 8.68. The van der Waals surface area contributed by atoms with Crippen LogP contribution in [0.1, 0.15) is 124 Å². The first kappa shape index (κ1) is 29.1. The summed E-state index contributed by atoms with van der Waals surface area (Å²) in [7, 11) is -1.17. The SMILES string of the molecule is C1=CCC(N=P(C2CCCC2)(C2CCCC2)C2CCCC2)=C1.CCC=C(C)C(C)=CCC.[Ti]. The van der Waals surface area contributed by atoms with E-state index in [4.69, 9.17) is 4.74 Å². The normalized spacial score (nSPS) is 22.8. The van der Waals surface area contributed by atoms with Crippen LogP contribution in [0.3, 0.4) is 0 Å². The average Bonchev–Trinajstić information content (AvgIpc) is 3.60. The maximum absolute atomic E-state index is 5.76. The smallest absolute Gasteiger partial charge is 0.0425 e. The van der Waals surface area contributed by atoms with Crippen molar-refractivity contribution < 1.29 is 21.7 Å². The summed E-state index contributed by atoms with van der Waals surface area (Å²) in [5.74, 6) is 0. The van der Waals surface area contributed by atoms with Gasteiger partial charge in [0.2, 0.25) is 0 Å². The molecule has 0 unspecified atom stereocenters. The van der Waals surface area contributed by atoms with E-state index in [9.17, 15) is 0 Å². The van der Waals surface area contributed by atoms with Gasteiger partial charge in [-0.1, -0.05) is 87.8 Å². The predicted octanol–water partition coefficient (Wildman–Crippen LogP) is 10.6. The van der Waals surface area contributed by atoms with E-state index >= 15 is 0 Å². The van der Waals surface area contributed by atoms with Gasteiger partial charge in [0.05, 0.1) is 0 Å². The zero-order chi connectivity index (χ0) is 22.8. The molecule has 0 heterocycles. The summed E-state index contributed by atoms with van der Waals surface area (Å²) in [5.41, 5.74) is 7.29. The number of nitrogens with zero attached hydrogens (tertiary/aromatic N) is 1. The first-order chi connectivity index (χ1) is 15.6. The minimum atomic E-state index is -1.17. The van der Waals surface area contributed by atoms with Gasteiger partial charge in [-0.25, -0.2) is 0 Å². The van der Waals surface area contributed by atoms with Crippen LogP contribution in [-0.2, 0) is 21.7 Å². The van der Waals surface area contributed by atoms with E-state index in [1.165, 1.54) is 93.9 Å². The Labute approximate surface area is 221 Å². The van der Waals surface area contributed by atoms with E-state index in [2.05, 4.69) is 58.1 Å². The number of hydrogen-bond acceptors (Lipinski definition) is 1. The molecule has 1 nitrogen and oxygen atoms in total. The minimum Gasteiger partial charge on any atom is -0.271 e. The van der Waals surface area contributed by atoms with Crippen molar-refractivity contribution in [3.8, 4) is 0 Å². The van der Waals surface area contributed by atoms with Crippen molar-refractivity contribution >= 4 is 7.05 Å². The molecule has 0 radical (unpaired) electrons. The van der Waals surface area contributed by atoms with Crippen molar-refractivity contribution in [2.45, 2.75) is 141 Å². The molecule has 3 saturated carbocycles. The second-order valence-corrected chi connectivity index (χ2v) is 14.6. The standard InChI is InChI=1S/C20H32NP.C10H18.Ti/c1-2-10-17(9-1)21-22(18-11-3-4-12-18,19-13-5-6-14-19)20-15-7-8-16-20;1-5-7-9(3)10(4)8-6-2;/h1-2,9,18-20H,3-8,10-16H2;7-8H,5-6H2,1-4H3;. The van der Waals surface area contributed by atoms with E-state index in [1.54, 1.807) is 0 Å². The Balaban J connectivity index is 0.000000302. The number of rotatable bonds is 7. The third-order valence-electron chi connectivity index (χ3n) is 8.42. The van der Waals surface area contributed by atoms with Crippen molar-refractivity contribution in [2.24, 2.45) is 4.74 Å². The van der Waals surface area contributed by atoms with Crippen LogP contribution in [0.5, 0.6) is 0 Å². The fraction of sp³-hybridized carbons (Fsp3) is 0.733. The molecule has 3 heteroatoms. The van der Waals surface area contributed by atoms with Gasteiger partial charge in [0.15, 0.2) is 0 Å². The molecule has 3 fully saturated rings. The van der Waals surface area contributed by atoms with Gasteiger partial charge >= 0.3 is 0 Å². The molecule has 0 aromatic rings. The van der Waals surface area contributed by atoms with Gasteiger partial charge in [0, 0.05) is 33.8 Å². The number of allylic oxidation sites excluding steroid dienone is 7. The third-order valence-corrected chi connectivity index (χ3v) is 14.1. The van der Waals surface area contributed by atoms with Crippen LogP contribution in [0.4, 0.5) is 0 Å². The molecule has 184 valence electrons. The van der Waals surface area contributed by atoms with Crippen LogP contribution in [-0.4, -0.2) is 17.0 Å². The van der Waals surface area contributed by atoms with Crippen molar-refractivity contribution in [1.82, 2.24) is 0 Å². The quantitative estimate of drug-likeness (QED) is 0.186. The van der Waals surface area contributed by atoms with Crippen molar-refractivity contribution in [2.75, 3.05) is 0 Å². The first-order valence-electron chi connectivity index (χ1n) is 13.9. The zero-order valence-electron chi connectivity index (χ0n) is 22.1. The molecule has 33 heavy (non-hydrogen) atoms. The summed E-state index contributed by atoms with van der Waals surface area (Å²) in [4.78, 5) is 0. The molecule has 0 aromatic carbocycles. The van der Waals surface area contributed by atoms with Gasteiger partial charge in [0.1, 0.15) is 0 Å². The fourth-order valence-corrected chi connectivity index (χ4v) is 13.2. The summed E-state index contributed by atoms with van der Waals surface area (Å²) < 4.78 is 5.76. The Bertz CT molecular complexity index is 689. The molecule has 0 amide bonds. The van der Waals surface area contributed by atoms with Gasteiger partial charge in [-0.3, -0.25) is 4.74 Å². The van der Waals surface area contributed by atoms with Crippen LogP contribution in [0.25, 0.3) is 0 Å². The second-order valence-electron chi connectivity index (χ2n) is 10.6. The topological polar surface area (TPSA) is 12.4 Å². The van der Waals surface area contributed by atoms with Crippen LogP contribution < -0.4 is 0 Å². The maximum Gasteiger partial charge on any atom is 0.0425 e. The molecular formula is C30H50NPTi. The van der Waals surface area contributed by atoms with Crippen LogP contribution in [0, 0.1) is 0 Å². The predicted molar refractivity (Wildman–Crippen MR) is 146 cm³/mol. The van der Waals surface area contributed by atoms with Gasteiger partial charge < -0.3 is 0 Å². The Morgan fingerprint density at radius 1 is 0.788 bits per heavy atom. The van der Waals surface area contributed by atoms with Gasteiger partial charge in [-0.05, 0) is 95.3 Å². The van der Waals surface area contributed by atoms with Crippen molar-refractivity contribution in [3.05, 3.63) is 47.2 Å². The Morgan fingerprint density at radius 3 is 1.48 bits per heavy atom. The Morgan fingerprint density at radius 2 is 1.18 bits per heavy atom. The van der Waals surface area contributed by atoms with Crippen LogP contribution in [0.15, 0.2) is 52.0 Å². The molecule has 0 aliphatic heterocycles. The Kier molecular flexibility index (Phi) is 13.3. The van der Waals surface area contributed by atoms with E-state index in [0.717, 1.165) is 36.2 Å². The van der Waals surface area contributed by atoms with E-state index in [1.807, 2.05) is 0 Å². The monoisotopic (exact) mass is 503 g/mol. The van der Waals surface area contributed by atoms with E-state index in [-0.39, 0.29) is 21.7 Å². The maximum atomic E-state index is 5.76. The summed E-state index contributed by atoms with van der Waals surface area (Å²) >= 11 is 0. The molecule has 0 spiro atoms. The van der Waals surface area contributed by atoms with Crippen molar-refractivity contribution in [3.63, 3.8) is 0 Å². The number of hydrogen-bond donors (Lipinski definition) is 0. The van der Waals surface area contributed by atoms with E-state index in [0.29, 0.717) is 0 Å². The molecule has 4 aliphatic carbocycles. The van der Waals surface area contributed by atoms with Crippen LogP contribution in [0.2, 0.25) is 0 Å². The van der Waals surface area contributed by atoms with E-state index < -0.39 is 7.05 Å². The third kappa shape index (κ3) is 7.69. The van der Waals surface area contributed by atoms with Crippen molar-refractivity contribution in [1.29, 1.82) is 0 Å². The zero-order valence-corrected chi connectivity index (χ0v) is 24.6. The Hall–Kier alpha value is -0.0957. The first-order valence-corrected chi connectivity index (χ1v) is 15.9. The molecule has 0 N–H and O–H groups in total. The molecule has 0 atom stereocenters. The van der Waals surface area contributed by atoms with Gasteiger partial charge in [-0.15, -0.1) is 0 Å². The largest absolute Gasteiger partial charge is 0.271 e. The molecule has 0 aromatic heterocycles. The fourth-order valence-electron chi connectivity index (χ4n) is 6.76. The molecule has 0 saturated heterocycles. The average molecular weight is 504 g/mol. The second kappa shape index (κ2) is 15.1. The summed E-state index contributed by atoms with van der Waals surface area (Å²) in [6.07, 6.45) is 32.7. The van der Waals surface area contributed by atoms with Gasteiger partial charge in [-0.2, -0.15) is 0 Å².